The van der Waals surface area contributed by atoms with Crippen LogP contribution < -0.4 is 0 Å². The van der Waals surface area contributed by atoms with Crippen LogP contribution in [0.5, 0.6) is 0 Å². The first-order chi connectivity index (χ1) is 15.2. The number of rotatable bonds is 5. The molecule has 3 fully saturated rings. The van der Waals surface area contributed by atoms with Crippen LogP contribution in [0.1, 0.15) is 64.0 Å². The average Bonchev–Trinajstić information content (AvgIpc) is 2.78. The van der Waals surface area contributed by atoms with Crippen molar-refractivity contribution >= 4 is 22.0 Å². The molecule has 3 aliphatic carbocycles. The van der Waals surface area contributed by atoms with E-state index in [9.17, 15) is 4.79 Å². The van der Waals surface area contributed by atoms with Crippen molar-refractivity contribution in [1.82, 2.24) is 4.90 Å². The topological polar surface area (TPSA) is 38.8 Å². The maximum atomic E-state index is 13.5. The molecule has 0 saturated heterocycles. The van der Waals surface area contributed by atoms with E-state index in [1.807, 2.05) is 43.9 Å². The van der Waals surface area contributed by atoms with Crippen molar-refractivity contribution in [3.8, 4) is 0 Å². The van der Waals surface area contributed by atoms with Crippen LogP contribution in [0.4, 0.5) is 4.79 Å². The minimum Gasteiger partial charge on any atom is -0.444 e. The average molecular weight is 500 g/mol. The molecule has 2 aromatic rings. The summed E-state index contributed by atoms with van der Waals surface area (Å²) >= 11 is 3.56. The lowest BCUT2D eigenvalue weighted by atomic mass is 9.53. The molecule has 0 aliphatic heterocycles. The van der Waals surface area contributed by atoms with E-state index in [1.54, 1.807) is 7.11 Å². The molecule has 0 unspecified atom stereocenters. The SMILES string of the molecule is CO[C@H]1CC2(c3ccc(Br)cc3)CCC1(N(Cc1ccccc1)C(=O)OC(C)(C)C)CC2. The second-order valence-corrected chi connectivity index (χ2v) is 11.3. The van der Waals surface area contributed by atoms with Crippen molar-refractivity contribution in [3.63, 3.8) is 0 Å². The summed E-state index contributed by atoms with van der Waals surface area (Å²) in [6, 6.07) is 18.9. The first kappa shape index (κ1) is 23.3. The number of nitrogens with zero attached hydrogens (tertiary/aromatic N) is 1. The van der Waals surface area contributed by atoms with Gasteiger partial charge in [-0.05, 0) is 81.5 Å². The number of benzene rings is 2. The van der Waals surface area contributed by atoms with Crippen LogP contribution in [0.3, 0.4) is 0 Å². The molecule has 5 rings (SSSR count). The van der Waals surface area contributed by atoms with Crippen molar-refractivity contribution in [2.45, 2.75) is 82.1 Å². The fraction of sp³-hybridized carbons (Fsp3) is 0.519. The molecule has 4 nitrogen and oxygen atoms in total. The largest absolute Gasteiger partial charge is 0.444 e. The Morgan fingerprint density at radius 1 is 1.03 bits per heavy atom. The minimum atomic E-state index is -0.546. The van der Waals surface area contributed by atoms with E-state index < -0.39 is 5.60 Å². The van der Waals surface area contributed by atoms with E-state index in [-0.39, 0.29) is 23.2 Å². The lowest BCUT2D eigenvalue weighted by Gasteiger charge is -2.60. The lowest BCUT2D eigenvalue weighted by Crippen LogP contribution is -2.67. The highest BCUT2D eigenvalue weighted by Gasteiger charge is 2.59. The Morgan fingerprint density at radius 3 is 2.22 bits per heavy atom. The molecule has 172 valence electrons. The van der Waals surface area contributed by atoms with Gasteiger partial charge >= 0.3 is 6.09 Å². The van der Waals surface area contributed by atoms with Crippen LogP contribution in [0.2, 0.25) is 0 Å². The van der Waals surface area contributed by atoms with Crippen LogP contribution >= 0.6 is 15.9 Å². The van der Waals surface area contributed by atoms with E-state index in [0.29, 0.717) is 6.54 Å². The molecule has 0 N–H and O–H groups in total. The predicted molar refractivity (Wildman–Crippen MR) is 131 cm³/mol. The molecule has 3 aliphatic rings. The monoisotopic (exact) mass is 499 g/mol. The standard InChI is InChI=1S/C27H34BrNO3/c1-25(2,3)32-24(30)29(19-20-8-6-5-7-9-20)27-16-14-26(15-17-27,18-23(27)31-4)21-10-12-22(28)13-11-21/h5-13,23H,14-19H2,1-4H3/t23-,26?,27?/m0/s1. The lowest BCUT2D eigenvalue weighted by molar-refractivity contribution is -0.133. The van der Waals surface area contributed by atoms with Crippen molar-refractivity contribution in [3.05, 3.63) is 70.2 Å². The summed E-state index contributed by atoms with van der Waals surface area (Å²) in [4.78, 5) is 15.5. The zero-order chi connectivity index (χ0) is 23.0. The summed E-state index contributed by atoms with van der Waals surface area (Å²) in [5.74, 6) is 0. The molecule has 0 radical (unpaired) electrons. The van der Waals surface area contributed by atoms with Gasteiger partial charge in [-0.2, -0.15) is 0 Å². The molecule has 1 amide bonds. The Hall–Kier alpha value is -1.85. The van der Waals surface area contributed by atoms with E-state index in [2.05, 4.69) is 52.3 Å². The predicted octanol–water partition coefficient (Wildman–Crippen LogP) is 6.86. The highest BCUT2D eigenvalue weighted by molar-refractivity contribution is 9.10. The molecule has 0 spiro atoms. The summed E-state index contributed by atoms with van der Waals surface area (Å²) in [7, 11) is 1.79. The number of carbonyl (C=O) groups excluding carboxylic acids is 1. The van der Waals surface area contributed by atoms with Crippen molar-refractivity contribution < 1.29 is 14.3 Å². The molecule has 5 heteroatoms. The molecule has 32 heavy (non-hydrogen) atoms. The Kier molecular flexibility index (Phi) is 6.43. The summed E-state index contributed by atoms with van der Waals surface area (Å²) in [5.41, 5.74) is 1.69. The van der Waals surface area contributed by atoms with E-state index >= 15 is 0 Å². The van der Waals surface area contributed by atoms with Crippen LogP contribution in [0.25, 0.3) is 0 Å². The second kappa shape index (κ2) is 8.83. The molecular formula is C27H34BrNO3. The maximum Gasteiger partial charge on any atom is 0.411 e. The van der Waals surface area contributed by atoms with Gasteiger partial charge in [0.1, 0.15) is 5.60 Å². The zero-order valence-corrected chi connectivity index (χ0v) is 21.2. The van der Waals surface area contributed by atoms with E-state index in [4.69, 9.17) is 9.47 Å². The molecular weight excluding hydrogens is 466 g/mol. The number of carbonyl (C=O) groups is 1. The summed E-state index contributed by atoms with van der Waals surface area (Å²) in [5, 5.41) is 0. The van der Waals surface area contributed by atoms with Gasteiger partial charge < -0.3 is 9.47 Å². The number of halogens is 1. The Labute approximate surface area is 200 Å². The fourth-order valence-corrected chi connectivity index (χ4v) is 5.94. The molecule has 1 atom stereocenters. The molecule has 0 aromatic heterocycles. The third kappa shape index (κ3) is 4.47. The Bertz CT molecular complexity index is 928. The van der Waals surface area contributed by atoms with Gasteiger partial charge in [0, 0.05) is 18.1 Å². The summed E-state index contributed by atoms with van der Waals surface area (Å²) in [6.07, 6.45) is 4.54. The zero-order valence-electron chi connectivity index (χ0n) is 19.6. The van der Waals surface area contributed by atoms with Gasteiger partial charge in [-0.25, -0.2) is 4.79 Å². The van der Waals surface area contributed by atoms with Gasteiger partial charge in [0.15, 0.2) is 0 Å². The van der Waals surface area contributed by atoms with Crippen molar-refractivity contribution in [1.29, 1.82) is 0 Å². The summed E-state index contributed by atoms with van der Waals surface area (Å²) < 4.78 is 13.1. The number of amides is 1. The molecule has 0 heterocycles. The Morgan fingerprint density at radius 2 is 1.66 bits per heavy atom. The quantitative estimate of drug-likeness (QED) is 0.451. The van der Waals surface area contributed by atoms with Gasteiger partial charge in [0.2, 0.25) is 0 Å². The van der Waals surface area contributed by atoms with Gasteiger partial charge in [-0.3, -0.25) is 4.90 Å². The number of hydrogen-bond donors (Lipinski definition) is 0. The van der Waals surface area contributed by atoms with Gasteiger partial charge in [0.25, 0.3) is 0 Å². The third-order valence-electron chi connectivity index (χ3n) is 7.32. The molecule has 2 aromatic carbocycles. The smallest absolute Gasteiger partial charge is 0.411 e. The first-order valence-corrected chi connectivity index (χ1v) is 12.3. The van der Waals surface area contributed by atoms with Crippen molar-refractivity contribution in [2.75, 3.05) is 7.11 Å². The highest BCUT2D eigenvalue weighted by atomic mass is 79.9. The fourth-order valence-electron chi connectivity index (χ4n) is 5.68. The number of fused-ring (bicyclic) bond motifs is 3. The number of methoxy groups -OCH3 is 1. The van der Waals surface area contributed by atoms with Gasteiger partial charge in [-0.15, -0.1) is 0 Å². The Balaban J connectivity index is 1.68. The van der Waals surface area contributed by atoms with E-state index in [1.165, 1.54) is 5.56 Å². The molecule has 3 saturated carbocycles. The van der Waals surface area contributed by atoms with Crippen LogP contribution in [-0.4, -0.2) is 35.3 Å². The number of hydrogen-bond acceptors (Lipinski definition) is 3. The summed E-state index contributed by atoms with van der Waals surface area (Å²) in [6.45, 7) is 6.31. The second-order valence-electron chi connectivity index (χ2n) is 10.4. The van der Waals surface area contributed by atoms with E-state index in [0.717, 1.165) is 42.1 Å². The van der Waals surface area contributed by atoms with Gasteiger partial charge in [0.05, 0.1) is 11.6 Å². The minimum absolute atomic E-state index is 0.0372. The molecule has 2 bridgehead atoms. The first-order valence-electron chi connectivity index (χ1n) is 11.5. The van der Waals surface area contributed by atoms with Crippen LogP contribution in [-0.2, 0) is 21.4 Å². The van der Waals surface area contributed by atoms with Gasteiger partial charge in [-0.1, -0.05) is 58.4 Å². The third-order valence-corrected chi connectivity index (χ3v) is 7.85. The number of ether oxygens (including phenoxy) is 2. The van der Waals surface area contributed by atoms with Crippen LogP contribution in [0, 0.1) is 0 Å². The highest BCUT2D eigenvalue weighted by Crippen LogP contribution is 2.57. The maximum absolute atomic E-state index is 13.5. The van der Waals surface area contributed by atoms with Crippen LogP contribution in [0.15, 0.2) is 59.1 Å². The van der Waals surface area contributed by atoms with Crippen molar-refractivity contribution in [2.24, 2.45) is 0 Å². The normalized spacial score (nSPS) is 27.2.